The molecule has 3 rings (SSSR count). The van der Waals surface area contributed by atoms with Gasteiger partial charge in [-0.1, -0.05) is 6.58 Å². The first kappa shape index (κ1) is 20.5. The van der Waals surface area contributed by atoms with Gasteiger partial charge in [-0.15, -0.1) is 0 Å². The van der Waals surface area contributed by atoms with Crippen molar-refractivity contribution < 1.29 is 59.5 Å². The van der Waals surface area contributed by atoms with E-state index in [-0.39, 0.29) is 5.57 Å². The zero-order chi connectivity index (χ0) is 21.2. The maximum Gasteiger partial charge on any atom is 0.435 e. The SMILES string of the molecule is C=C(C)C(=O)OC1C2OC(=O)C3C2OC1C3C(=O)OC(F)C(F)(F)S(=O)(=O)O. The Hall–Kier alpha value is -2.19. The lowest BCUT2D eigenvalue weighted by Crippen LogP contribution is -2.49. The van der Waals surface area contributed by atoms with Crippen LogP contribution in [0.5, 0.6) is 0 Å². The standard InChI is InChI=1S/C14H13F3O10S/c1-3(2)10(18)25-8-7-5(4-6(24-7)9(8)26-11(4)19)12(20)27-13(15)14(16,17)28(21,22)23/h4-9,13H,1H2,2H3,(H,21,22,23). The molecule has 0 aromatic heterocycles. The molecule has 7 unspecified atom stereocenters. The van der Waals surface area contributed by atoms with Crippen LogP contribution in [0.25, 0.3) is 0 Å². The summed E-state index contributed by atoms with van der Waals surface area (Å²) in [6.07, 6.45) is -8.88. The molecule has 10 nitrogen and oxygen atoms in total. The predicted molar refractivity (Wildman–Crippen MR) is 77.7 cm³/mol. The minimum atomic E-state index is -6.23. The van der Waals surface area contributed by atoms with Crippen molar-refractivity contribution in [3.05, 3.63) is 12.2 Å². The topological polar surface area (TPSA) is 142 Å². The van der Waals surface area contributed by atoms with E-state index in [0.717, 1.165) is 0 Å². The van der Waals surface area contributed by atoms with Crippen molar-refractivity contribution in [2.45, 2.75) is 43.0 Å². The summed E-state index contributed by atoms with van der Waals surface area (Å²) in [6.45, 7) is 4.67. The van der Waals surface area contributed by atoms with Gasteiger partial charge in [0.15, 0.2) is 12.2 Å². The Morgan fingerprint density at radius 2 is 1.89 bits per heavy atom. The normalized spacial score (nSPS) is 34.7. The Morgan fingerprint density at radius 1 is 1.29 bits per heavy atom. The second kappa shape index (κ2) is 6.42. The fraction of sp³-hybridized carbons (Fsp3) is 0.643. The van der Waals surface area contributed by atoms with Gasteiger partial charge in [0.2, 0.25) is 0 Å². The van der Waals surface area contributed by atoms with Crippen LogP contribution < -0.4 is 0 Å². The highest BCUT2D eigenvalue weighted by molar-refractivity contribution is 7.86. The minimum absolute atomic E-state index is 0.0283. The lowest BCUT2D eigenvalue weighted by molar-refractivity contribution is -0.192. The summed E-state index contributed by atoms with van der Waals surface area (Å²) in [5, 5.41) is -5.44. The van der Waals surface area contributed by atoms with Gasteiger partial charge >= 0.3 is 39.6 Å². The highest BCUT2D eigenvalue weighted by Gasteiger charge is 2.72. The third kappa shape index (κ3) is 2.95. The van der Waals surface area contributed by atoms with Crippen molar-refractivity contribution in [1.29, 1.82) is 0 Å². The lowest BCUT2D eigenvalue weighted by Gasteiger charge is -2.28. The van der Waals surface area contributed by atoms with Crippen LogP contribution in [0.4, 0.5) is 13.2 Å². The molecule has 0 aromatic rings. The molecule has 3 heterocycles. The molecule has 7 atom stereocenters. The molecule has 2 bridgehead atoms. The number of hydrogen-bond acceptors (Lipinski definition) is 9. The molecular formula is C14H13F3O10S. The van der Waals surface area contributed by atoms with E-state index in [4.69, 9.17) is 18.8 Å². The van der Waals surface area contributed by atoms with Crippen molar-refractivity contribution >= 4 is 28.0 Å². The van der Waals surface area contributed by atoms with Gasteiger partial charge < -0.3 is 18.9 Å². The number of carbonyl (C=O) groups excluding carboxylic acids is 3. The van der Waals surface area contributed by atoms with Gasteiger partial charge in [0.1, 0.15) is 24.0 Å². The predicted octanol–water partition coefficient (Wildman–Crippen LogP) is -0.268. The Morgan fingerprint density at radius 3 is 2.43 bits per heavy atom. The van der Waals surface area contributed by atoms with Gasteiger partial charge in [0, 0.05) is 5.57 Å². The largest absolute Gasteiger partial charge is 0.455 e. The molecule has 3 aliphatic rings. The smallest absolute Gasteiger partial charge is 0.435 e. The molecule has 0 aromatic carbocycles. The number of ether oxygens (including phenoxy) is 4. The number of carbonyl (C=O) groups is 3. The van der Waals surface area contributed by atoms with Crippen molar-refractivity contribution in [3.63, 3.8) is 0 Å². The van der Waals surface area contributed by atoms with Crippen LogP contribution in [0, 0.1) is 11.8 Å². The number of alkyl halides is 3. The summed E-state index contributed by atoms with van der Waals surface area (Å²) < 4.78 is 88.8. The van der Waals surface area contributed by atoms with E-state index in [0.29, 0.717) is 0 Å². The van der Waals surface area contributed by atoms with E-state index in [1.54, 1.807) is 0 Å². The van der Waals surface area contributed by atoms with E-state index < -0.39 is 75.9 Å². The molecule has 14 heteroatoms. The summed E-state index contributed by atoms with van der Waals surface area (Å²) in [7, 11) is -6.23. The van der Waals surface area contributed by atoms with Crippen LogP contribution in [-0.4, -0.2) is 66.9 Å². The van der Waals surface area contributed by atoms with Crippen LogP contribution in [0.3, 0.4) is 0 Å². The van der Waals surface area contributed by atoms with Gasteiger partial charge in [0.05, 0.1) is 0 Å². The van der Waals surface area contributed by atoms with E-state index in [2.05, 4.69) is 11.3 Å². The zero-order valence-electron chi connectivity index (χ0n) is 13.9. The minimum Gasteiger partial charge on any atom is -0.455 e. The number of esters is 3. The highest BCUT2D eigenvalue weighted by Crippen LogP contribution is 2.51. The Kier molecular flexibility index (Phi) is 4.71. The van der Waals surface area contributed by atoms with Gasteiger partial charge in [-0.2, -0.15) is 21.6 Å². The first-order valence-electron chi connectivity index (χ1n) is 7.69. The quantitative estimate of drug-likeness (QED) is 0.259. The van der Waals surface area contributed by atoms with Gasteiger partial charge in [-0.05, 0) is 6.92 Å². The second-order valence-corrected chi connectivity index (χ2v) is 7.95. The van der Waals surface area contributed by atoms with E-state index in [1.165, 1.54) is 6.92 Å². The fourth-order valence-electron chi connectivity index (χ4n) is 3.33. The number of rotatable bonds is 6. The summed E-state index contributed by atoms with van der Waals surface area (Å²) in [6, 6.07) is 0. The average molecular weight is 430 g/mol. The molecule has 3 aliphatic heterocycles. The molecule has 3 fully saturated rings. The molecule has 0 aliphatic carbocycles. The van der Waals surface area contributed by atoms with Crippen molar-refractivity contribution in [2.75, 3.05) is 0 Å². The Bertz CT molecular complexity index is 855. The Balaban J connectivity index is 1.82. The third-order valence-corrected chi connectivity index (χ3v) is 5.47. The van der Waals surface area contributed by atoms with Crippen LogP contribution in [0.2, 0.25) is 0 Å². The molecule has 0 amide bonds. The van der Waals surface area contributed by atoms with Gasteiger partial charge in [-0.3, -0.25) is 14.1 Å². The summed E-state index contributed by atoms with van der Waals surface area (Å²) >= 11 is 0. The maximum atomic E-state index is 13.6. The van der Waals surface area contributed by atoms with Crippen molar-refractivity contribution in [1.82, 2.24) is 0 Å². The van der Waals surface area contributed by atoms with E-state index in [1.807, 2.05) is 0 Å². The van der Waals surface area contributed by atoms with Crippen LogP contribution >= 0.6 is 0 Å². The average Bonchev–Trinajstić information content (AvgIpc) is 3.16. The van der Waals surface area contributed by atoms with E-state index in [9.17, 15) is 36.0 Å². The molecule has 0 radical (unpaired) electrons. The zero-order valence-corrected chi connectivity index (χ0v) is 14.7. The molecule has 156 valence electrons. The van der Waals surface area contributed by atoms with Crippen LogP contribution in [0.1, 0.15) is 6.92 Å². The van der Waals surface area contributed by atoms with Crippen molar-refractivity contribution in [3.8, 4) is 0 Å². The van der Waals surface area contributed by atoms with Crippen LogP contribution in [-0.2, 0) is 43.4 Å². The highest BCUT2D eigenvalue weighted by atomic mass is 32.2. The number of hydrogen-bond donors (Lipinski definition) is 1. The molecule has 3 saturated heterocycles. The van der Waals surface area contributed by atoms with Gasteiger partial charge in [-0.25, -0.2) is 4.79 Å². The lowest BCUT2D eigenvalue weighted by atomic mass is 9.78. The second-order valence-electron chi connectivity index (χ2n) is 6.46. The molecular weight excluding hydrogens is 417 g/mol. The fourth-order valence-corrected chi connectivity index (χ4v) is 3.61. The number of fused-ring (bicyclic) bond motifs is 1. The first-order chi connectivity index (χ1) is 12.8. The third-order valence-electron chi connectivity index (χ3n) is 4.60. The first-order valence-corrected chi connectivity index (χ1v) is 9.13. The number of halogens is 3. The van der Waals surface area contributed by atoms with E-state index >= 15 is 0 Å². The molecule has 28 heavy (non-hydrogen) atoms. The summed E-state index contributed by atoms with van der Waals surface area (Å²) in [5.41, 5.74) is -0.0283. The molecule has 0 saturated carbocycles. The van der Waals surface area contributed by atoms with Crippen molar-refractivity contribution in [2.24, 2.45) is 11.8 Å². The summed E-state index contributed by atoms with van der Waals surface area (Å²) in [5.74, 6) is -6.68. The maximum absolute atomic E-state index is 13.6. The molecule has 0 spiro atoms. The Labute approximate surface area is 155 Å². The summed E-state index contributed by atoms with van der Waals surface area (Å²) in [4.78, 5) is 35.9. The van der Waals surface area contributed by atoms with Crippen LogP contribution in [0.15, 0.2) is 12.2 Å². The monoisotopic (exact) mass is 430 g/mol. The molecule has 1 N–H and O–H groups in total. The van der Waals surface area contributed by atoms with Gasteiger partial charge in [0.25, 0.3) is 0 Å².